The number of esters is 1. The Balaban J connectivity index is 1.62. The van der Waals surface area contributed by atoms with Gasteiger partial charge in [0, 0.05) is 18.9 Å². The normalized spacial score (nSPS) is 22.6. The predicted molar refractivity (Wildman–Crippen MR) is 102 cm³/mol. The summed E-state index contributed by atoms with van der Waals surface area (Å²) in [5, 5.41) is 3.38. The van der Waals surface area contributed by atoms with Gasteiger partial charge in [-0.25, -0.2) is 0 Å². The van der Waals surface area contributed by atoms with Gasteiger partial charge in [0.2, 0.25) is 0 Å². The fraction of sp³-hybridized carbons (Fsp3) is 0.409. The smallest absolute Gasteiger partial charge is 0.306 e. The van der Waals surface area contributed by atoms with Crippen LogP contribution in [0.25, 0.3) is 0 Å². The highest BCUT2D eigenvalue weighted by atomic mass is 16.6. The van der Waals surface area contributed by atoms with Gasteiger partial charge in [0.15, 0.2) is 0 Å². The van der Waals surface area contributed by atoms with Gasteiger partial charge in [-0.1, -0.05) is 42.5 Å². The summed E-state index contributed by atoms with van der Waals surface area (Å²) in [5.74, 6) is 0.894. The minimum absolute atomic E-state index is 0.145. The lowest BCUT2D eigenvalue weighted by atomic mass is 9.78. The van der Waals surface area contributed by atoms with Crippen LogP contribution in [0.4, 0.5) is 0 Å². The number of piperidine rings is 1. The minimum atomic E-state index is -0.517. The summed E-state index contributed by atoms with van der Waals surface area (Å²) < 4.78 is 11.2. The molecule has 0 saturated carbocycles. The fourth-order valence-corrected chi connectivity index (χ4v) is 3.67. The number of ether oxygens (including phenoxy) is 2. The van der Waals surface area contributed by atoms with Crippen LogP contribution in [0.15, 0.2) is 54.6 Å². The Hall–Kier alpha value is -2.33. The molecule has 1 saturated heterocycles. The Bertz CT molecular complexity index is 714. The van der Waals surface area contributed by atoms with Crippen molar-refractivity contribution in [1.29, 1.82) is 0 Å². The third-order valence-corrected chi connectivity index (χ3v) is 5.15. The zero-order valence-electron chi connectivity index (χ0n) is 15.5. The Kier molecular flexibility index (Phi) is 5.94. The molecule has 2 atom stereocenters. The predicted octanol–water partition coefficient (Wildman–Crippen LogP) is 3.71. The van der Waals surface area contributed by atoms with E-state index in [9.17, 15) is 4.79 Å². The Morgan fingerprint density at radius 1 is 1.15 bits per heavy atom. The summed E-state index contributed by atoms with van der Waals surface area (Å²) in [5.41, 5.74) is 1.82. The minimum Gasteiger partial charge on any atom is -0.497 e. The maximum atomic E-state index is 12.5. The maximum absolute atomic E-state index is 12.5. The average Bonchev–Trinajstić information content (AvgIpc) is 2.67. The SMILES string of the molecule is COc1ccc(CCC(=O)O[C@]2(C)CNCC[C@@H]2c2ccccc2)cc1. The Morgan fingerprint density at radius 3 is 2.58 bits per heavy atom. The standard InChI is InChI=1S/C22H27NO3/c1-22(16-23-15-14-20(22)18-6-4-3-5-7-18)26-21(24)13-10-17-8-11-19(25-2)12-9-17/h3-9,11-12,20,23H,10,13-16H2,1-2H3/t20-,22-/m1/s1. The van der Waals surface area contributed by atoms with Gasteiger partial charge in [-0.15, -0.1) is 0 Å². The van der Waals surface area contributed by atoms with E-state index in [1.807, 2.05) is 49.4 Å². The molecule has 0 aromatic heterocycles. The molecule has 0 bridgehead atoms. The first kappa shape index (κ1) is 18.5. The van der Waals surface area contributed by atoms with Crippen molar-refractivity contribution in [2.24, 2.45) is 0 Å². The second-order valence-corrected chi connectivity index (χ2v) is 7.06. The zero-order chi connectivity index (χ0) is 18.4. The molecular weight excluding hydrogens is 326 g/mol. The molecule has 1 N–H and O–H groups in total. The van der Waals surface area contributed by atoms with Crippen molar-refractivity contribution in [1.82, 2.24) is 5.32 Å². The number of carbonyl (C=O) groups excluding carboxylic acids is 1. The topological polar surface area (TPSA) is 47.6 Å². The third-order valence-electron chi connectivity index (χ3n) is 5.15. The molecule has 26 heavy (non-hydrogen) atoms. The second kappa shape index (κ2) is 8.37. The van der Waals surface area contributed by atoms with Crippen molar-refractivity contribution in [3.8, 4) is 5.75 Å². The van der Waals surface area contributed by atoms with E-state index in [0.717, 1.165) is 24.3 Å². The molecule has 0 aliphatic carbocycles. The van der Waals surface area contributed by atoms with Crippen molar-refractivity contribution in [3.05, 3.63) is 65.7 Å². The van der Waals surface area contributed by atoms with Crippen molar-refractivity contribution in [2.45, 2.75) is 37.7 Å². The summed E-state index contributed by atoms with van der Waals surface area (Å²) >= 11 is 0. The molecule has 4 heteroatoms. The van der Waals surface area contributed by atoms with E-state index in [-0.39, 0.29) is 11.9 Å². The molecule has 1 heterocycles. The quantitative estimate of drug-likeness (QED) is 0.805. The van der Waals surface area contributed by atoms with Crippen LogP contribution in [0.3, 0.4) is 0 Å². The van der Waals surface area contributed by atoms with Crippen LogP contribution in [0, 0.1) is 0 Å². The molecule has 0 spiro atoms. The van der Waals surface area contributed by atoms with Crippen molar-refractivity contribution in [3.63, 3.8) is 0 Å². The first-order valence-electron chi connectivity index (χ1n) is 9.21. The lowest BCUT2D eigenvalue weighted by Crippen LogP contribution is -2.51. The number of carbonyl (C=O) groups is 1. The van der Waals surface area contributed by atoms with Gasteiger partial charge in [-0.05, 0) is 49.6 Å². The lowest BCUT2D eigenvalue weighted by molar-refractivity contribution is -0.161. The summed E-state index contributed by atoms with van der Waals surface area (Å²) in [6.45, 7) is 3.67. The van der Waals surface area contributed by atoms with E-state index < -0.39 is 5.60 Å². The maximum Gasteiger partial charge on any atom is 0.306 e. The highest BCUT2D eigenvalue weighted by molar-refractivity contribution is 5.70. The zero-order valence-corrected chi connectivity index (χ0v) is 15.5. The van der Waals surface area contributed by atoms with Crippen LogP contribution in [-0.4, -0.2) is 31.8 Å². The second-order valence-electron chi connectivity index (χ2n) is 7.06. The average molecular weight is 353 g/mol. The molecule has 138 valence electrons. The van der Waals surface area contributed by atoms with Crippen LogP contribution in [-0.2, 0) is 16.0 Å². The van der Waals surface area contributed by atoms with Crippen molar-refractivity contribution < 1.29 is 14.3 Å². The number of methoxy groups -OCH3 is 1. The van der Waals surface area contributed by atoms with E-state index in [0.29, 0.717) is 19.4 Å². The molecule has 0 radical (unpaired) electrons. The van der Waals surface area contributed by atoms with Crippen LogP contribution in [0.1, 0.15) is 36.8 Å². The number of nitrogens with one attached hydrogen (secondary N) is 1. The molecule has 1 aliphatic rings. The van der Waals surface area contributed by atoms with Crippen molar-refractivity contribution >= 4 is 5.97 Å². The number of rotatable bonds is 6. The van der Waals surface area contributed by atoms with Gasteiger partial charge in [0.1, 0.15) is 11.4 Å². The fourth-order valence-electron chi connectivity index (χ4n) is 3.67. The molecule has 2 aromatic carbocycles. The lowest BCUT2D eigenvalue weighted by Gasteiger charge is -2.41. The third kappa shape index (κ3) is 4.44. The number of aryl methyl sites for hydroxylation is 1. The summed E-state index contributed by atoms with van der Waals surface area (Å²) in [6, 6.07) is 18.2. The molecule has 1 aliphatic heterocycles. The van der Waals surface area contributed by atoms with E-state index in [1.54, 1.807) is 7.11 Å². The van der Waals surface area contributed by atoms with Crippen LogP contribution >= 0.6 is 0 Å². The first-order valence-corrected chi connectivity index (χ1v) is 9.21. The van der Waals surface area contributed by atoms with E-state index in [1.165, 1.54) is 5.56 Å². The van der Waals surface area contributed by atoms with Crippen LogP contribution in [0.5, 0.6) is 5.75 Å². The highest BCUT2D eigenvalue weighted by Gasteiger charge is 2.40. The molecule has 3 rings (SSSR count). The largest absolute Gasteiger partial charge is 0.497 e. The van der Waals surface area contributed by atoms with Crippen molar-refractivity contribution in [2.75, 3.05) is 20.2 Å². The van der Waals surface area contributed by atoms with Crippen LogP contribution in [0.2, 0.25) is 0 Å². The number of hydrogen-bond donors (Lipinski definition) is 1. The Labute approximate surface area is 155 Å². The molecular formula is C22H27NO3. The van der Waals surface area contributed by atoms with E-state index in [4.69, 9.17) is 9.47 Å². The molecule has 4 nitrogen and oxygen atoms in total. The molecule has 0 unspecified atom stereocenters. The molecule has 0 amide bonds. The summed E-state index contributed by atoms with van der Waals surface area (Å²) in [6.07, 6.45) is 2.01. The summed E-state index contributed by atoms with van der Waals surface area (Å²) in [4.78, 5) is 12.5. The van der Waals surface area contributed by atoms with E-state index in [2.05, 4.69) is 17.4 Å². The monoisotopic (exact) mass is 353 g/mol. The van der Waals surface area contributed by atoms with Gasteiger partial charge < -0.3 is 14.8 Å². The number of benzene rings is 2. The highest BCUT2D eigenvalue weighted by Crippen LogP contribution is 2.36. The number of hydrogen-bond acceptors (Lipinski definition) is 4. The summed E-state index contributed by atoms with van der Waals surface area (Å²) in [7, 11) is 1.65. The van der Waals surface area contributed by atoms with Gasteiger partial charge in [-0.3, -0.25) is 4.79 Å². The molecule has 1 fully saturated rings. The van der Waals surface area contributed by atoms with E-state index >= 15 is 0 Å². The van der Waals surface area contributed by atoms with Gasteiger partial charge in [0.05, 0.1) is 7.11 Å². The van der Waals surface area contributed by atoms with Gasteiger partial charge >= 0.3 is 5.97 Å². The first-order chi connectivity index (χ1) is 12.6. The van der Waals surface area contributed by atoms with Gasteiger partial charge in [0.25, 0.3) is 0 Å². The van der Waals surface area contributed by atoms with Crippen LogP contribution < -0.4 is 10.1 Å². The van der Waals surface area contributed by atoms with Gasteiger partial charge in [-0.2, -0.15) is 0 Å². The Morgan fingerprint density at radius 2 is 1.88 bits per heavy atom. The molecule has 2 aromatic rings.